The van der Waals surface area contributed by atoms with Crippen LogP contribution in [0.4, 0.5) is 0 Å². The Kier molecular flexibility index (Phi) is 7.62. The summed E-state index contributed by atoms with van der Waals surface area (Å²) in [7, 11) is 0. The van der Waals surface area contributed by atoms with Crippen molar-refractivity contribution in [1.29, 1.82) is 0 Å². The predicted molar refractivity (Wildman–Crippen MR) is 103 cm³/mol. The first-order valence-electron chi connectivity index (χ1n) is 8.66. The van der Waals surface area contributed by atoms with Crippen molar-refractivity contribution in [3.05, 3.63) is 35.4 Å². The zero-order chi connectivity index (χ0) is 17.4. The van der Waals surface area contributed by atoms with Crippen LogP contribution in [0.2, 0.25) is 0 Å². The number of hydrogen-bond donors (Lipinski definition) is 3. The number of thiocarbonyl (C=S) groups is 1. The summed E-state index contributed by atoms with van der Waals surface area (Å²) in [5.74, 6) is 0.541. The van der Waals surface area contributed by atoms with Gasteiger partial charge in [-0.15, -0.1) is 0 Å². The van der Waals surface area contributed by atoms with E-state index in [0.717, 1.165) is 50.7 Å². The molecule has 5 nitrogen and oxygen atoms in total. The molecule has 24 heavy (non-hydrogen) atoms. The van der Waals surface area contributed by atoms with Crippen molar-refractivity contribution in [2.45, 2.75) is 26.7 Å². The van der Waals surface area contributed by atoms with Gasteiger partial charge in [0.2, 0.25) is 0 Å². The fourth-order valence-electron chi connectivity index (χ4n) is 2.61. The van der Waals surface area contributed by atoms with Crippen LogP contribution < -0.4 is 15.6 Å². The second kappa shape index (κ2) is 9.71. The Morgan fingerprint density at radius 2 is 1.92 bits per heavy atom. The van der Waals surface area contributed by atoms with Gasteiger partial charge in [-0.25, -0.2) is 0 Å². The molecule has 0 atom stereocenters. The van der Waals surface area contributed by atoms with Crippen LogP contribution in [0, 0.1) is 0 Å². The maximum absolute atomic E-state index is 5.36. The minimum Gasteiger partial charge on any atom is -0.370 e. The summed E-state index contributed by atoms with van der Waals surface area (Å²) in [5, 5.41) is 8.15. The van der Waals surface area contributed by atoms with Gasteiger partial charge in [-0.3, -0.25) is 5.43 Å². The number of hydrogen-bond acceptors (Lipinski definition) is 3. The third kappa shape index (κ3) is 6.19. The van der Waals surface area contributed by atoms with E-state index in [9.17, 15) is 0 Å². The molecule has 1 aliphatic rings. The molecule has 0 aromatic heterocycles. The molecule has 0 bridgehead atoms. The molecule has 1 aromatic rings. The minimum atomic E-state index is 0.541. The lowest BCUT2D eigenvalue weighted by atomic mass is 10.0. The molecular formula is C18H29N4OS+. The summed E-state index contributed by atoms with van der Waals surface area (Å²) in [6.07, 6.45) is 0. The maximum Gasteiger partial charge on any atom is 0.187 e. The summed E-state index contributed by atoms with van der Waals surface area (Å²) in [4.78, 5) is 1.56. The van der Waals surface area contributed by atoms with Gasteiger partial charge in [0.05, 0.1) is 32.0 Å². The second-order valence-electron chi connectivity index (χ2n) is 6.45. The van der Waals surface area contributed by atoms with Crippen LogP contribution >= 0.6 is 12.2 Å². The second-order valence-corrected chi connectivity index (χ2v) is 6.86. The zero-order valence-electron chi connectivity index (χ0n) is 14.9. The molecule has 0 amide bonds. The van der Waals surface area contributed by atoms with Crippen LogP contribution in [0.3, 0.4) is 0 Å². The molecule has 0 saturated carbocycles. The van der Waals surface area contributed by atoms with Gasteiger partial charge in [0.25, 0.3) is 0 Å². The van der Waals surface area contributed by atoms with Crippen molar-refractivity contribution >= 4 is 23.0 Å². The highest BCUT2D eigenvalue weighted by Gasteiger charge is 2.12. The molecule has 0 aliphatic carbocycles. The van der Waals surface area contributed by atoms with Gasteiger partial charge in [-0.2, -0.15) is 5.10 Å². The summed E-state index contributed by atoms with van der Waals surface area (Å²) in [6.45, 7) is 12.1. The molecule has 1 aromatic carbocycles. The van der Waals surface area contributed by atoms with Gasteiger partial charge in [-0.05, 0) is 36.2 Å². The smallest absolute Gasteiger partial charge is 0.187 e. The molecule has 0 unspecified atom stereocenters. The van der Waals surface area contributed by atoms with E-state index in [2.05, 4.69) is 54.0 Å². The Bertz CT molecular complexity index is 551. The summed E-state index contributed by atoms with van der Waals surface area (Å²) in [5.41, 5.74) is 6.29. The van der Waals surface area contributed by atoms with E-state index in [0.29, 0.717) is 11.0 Å². The molecular weight excluding hydrogens is 320 g/mol. The van der Waals surface area contributed by atoms with Crippen LogP contribution in [-0.4, -0.2) is 50.2 Å². The monoisotopic (exact) mass is 349 g/mol. The Labute approximate surface area is 150 Å². The lowest BCUT2D eigenvalue weighted by molar-refractivity contribution is -0.906. The maximum atomic E-state index is 5.36. The first-order chi connectivity index (χ1) is 11.6. The Morgan fingerprint density at radius 1 is 1.25 bits per heavy atom. The van der Waals surface area contributed by atoms with E-state index < -0.39 is 0 Å². The van der Waals surface area contributed by atoms with Crippen molar-refractivity contribution in [1.82, 2.24) is 10.7 Å². The first kappa shape index (κ1) is 18.8. The van der Waals surface area contributed by atoms with Gasteiger partial charge >= 0.3 is 0 Å². The molecule has 0 radical (unpaired) electrons. The van der Waals surface area contributed by atoms with Gasteiger partial charge in [0, 0.05) is 0 Å². The fraction of sp³-hybridized carbons (Fsp3) is 0.556. The molecule has 132 valence electrons. The normalized spacial score (nSPS) is 16.2. The van der Waals surface area contributed by atoms with Gasteiger partial charge in [-0.1, -0.05) is 38.1 Å². The van der Waals surface area contributed by atoms with E-state index in [-0.39, 0.29) is 0 Å². The molecule has 3 N–H and O–H groups in total. The van der Waals surface area contributed by atoms with Crippen molar-refractivity contribution < 1.29 is 9.64 Å². The molecule has 1 saturated heterocycles. The lowest BCUT2D eigenvalue weighted by Crippen LogP contribution is -3.14. The summed E-state index contributed by atoms with van der Waals surface area (Å²) in [6, 6.07) is 8.52. The first-order valence-corrected chi connectivity index (χ1v) is 9.07. The molecule has 1 heterocycles. The lowest BCUT2D eigenvalue weighted by Gasteiger charge is -2.23. The predicted octanol–water partition coefficient (Wildman–Crippen LogP) is 0.913. The average molecular weight is 350 g/mol. The van der Waals surface area contributed by atoms with E-state index >= 15 is 0 Å². The standard InChI is InChI=1S/C18H28N4OS/c1-14(2)16-4-6-17(7-5-16)15(3)20-21-18(24)19-8-9-22-10-12-23-13-11-22/h4-7,14H,8-13H2,1-3H3,(H2,19,21,24)/p+1/b20-15-. The molecule has 1 fully saturated rings. The Hall–Kier alpha value is -1.50. The third-order valence-electron chi connectivity index (χ3n) is 4.28. The Morgan fingerprint density at radius 3 is 2.54 bits per heavy atom. The number of rotatable bonds is 6. The van der Waals surface area contributed by atoms with Crippen molar-refractivity contribution in [2.75, 3.05) is 39.4 Å². The highest BCUT2D eigenvalue weighted by molar-refractivity contribution is 7.80. The molecule has 2 rings (SSSR count). The fourth-order valence-corrected chi connectivity index (χ4v) is 2.76. The van der Waals surface area contributed by atoms with Crippen LogP contribution in [0.15, 0.2) is 29.4 Å². The number of morpholine rings is 1. The van der Waals surface area contributed by atoms with Gasteiger partial charge in [0.1, 0.15) is 13.1 Å². The van der Waals surface area contributed by atoms with Gasteiger partial charge in [0.15, 0.2) is 5.11 Å². The van der Waals surface area contributed by atoms with E-state index in [1.54, 1.807) is 4.90 Å². The zero-order valence-corrected chi connectivity index (χ0v) is 15.7. The quantitative estimate of drug-likeness (QED) is 0.406. The number of quaternary nitrogens is 1. The van der Waals surface area contributed by atoms with Gasteiger partial charge < -0.3 is 15.0 Å². The number of nitrogens with zero attached hydrogens (tertiary/aromatic N) is 1. The number of nitrogens with one attached hydrogen (secondary N) is 3. The van der Waals surface area contributed by atoms with Crippen LogP contribution in [0.5, 0.6) is 0 Å². The summed E-state index contributed by atoms with van der Waals surface area (Å²) >= 11 is 5.28. The van der Waals surface area contributed by atoms with E-state index in [4.69, 9.17) is 17.0 Å². The van der Waals surface area contributed by atoms with Crippen molar-refractivity contribution in [2.24, 2.45) is 5.10 Å². The average Bonchev–Trinajstić information content (AvgIpc) is 2.60. The van der Waals surface area contributed by atoms with E-state index in [1.807, 2.05) is 6.92 Å². The summed E-state index contributed by atoms with van der Waals surface area (Å²) < 4.78 is 5.36. The van der Waals surface area contributed by atoms with Crippen LogP contribution in [0.25, 0.3) is 0 Å². The van der Waals surface area contributed by atoms with Crippen molar-refractivity contribution in [3.8, 4) is 0 Å². The van der Waals surface area contributed by atoms with Crippen molar-refractivity contribution in [3.63, 3.8) is 0 Å². The molecule has 0 spiro atoms. The third-order valence-corrected chi connectivity index (χ3v) is 4.52. The number of hydrazone groups is 1. The Balaban J connectivity index is 1.73. The van der Waals surface area contributed by atoms with E-state index in [1.165, 1.54) is 5.56 Å². The largest absolute Gasteiger partial charge is 0.370 e. The van der Waals surface area contributed by atoms with Crippen LogP contribution in [0.1, 0.15) is 37.8 Å². The van der Waals surface area contributed by atoms with Crippen LogP contribution in [-0.2, 0) is 4.74 Å². The highest BCUT2D eigenvalue weighted by Crippen LogP contribution is 2.14. The SMILES string of the molecule is C/C(=N/NC(=S)NCC[NH+]1CCOCC1)c1ccc(C(C)C)cc1. The topological polar surface area (TPSA) is 50.1 Å². The minimum absolute atomic E-state index is 0.541. The highest BCUT2D eigenvalue weighted by atomic mass is 32.1. The molecule has 6 heteroatoms. The molecule has 1 aliphatic heterocycles. The number of ether oxygens (including phenoxy) is 1. The number of benzene rings is 1.